The van der Waals surface area contributed by atoms with E-state index < -0.39 is 0 Å². The number of benzene rings is 2. The lowest BCUT2D eigenvalue weighted by molar-refractivity contribution is 0.0954. The standard InChI is InChI=1S/C22H30N4O2/c1-4-23-22(25-10-9-18-14-16(2)13-17(3)15-18)26-12-11-24-21(28)19-5-7-20(27)8-6-19/h5-8,13-15,27H,4,9-12H2,1-3H3,(H,24,28)(H2,23,25,26). The van der Waals surface area contributed by atoms with Gasteiger partial charge in [-0.15, -0.1) is 0 Å². The molecule has 2 aromatic carbocycles. The molecule has 0 fully saturated rings. The SMILES string of the molecule is CCNC(=NCCc1cc(C)cc(C)c1)NCCNC(=O)c1ccc(O)cc1. The van der Waals surface area contributed by atoms with Gasteiger partial charge in [-0.2, -0.15) is 0 Å². The van der Waals surface area contributed by atoms with Crippen LogP contribution in [0.1, 0.15) is 34.0 Å². The van der Waals surface area contributed by atoms with Crippen molar-refractivity contribution in [2.75, 3.05) is 26.2 Å². The Morgan fingerprint density at radius 1 is 0.964 bits per heavy atom. The normalized spacial score (nSPS) is 11.2. The fourth-order valence-electron chi connectivity index (χ4n) is 2.92. The molecule has 28 heavy (non-hydrogen) atoms. The largest absolute Gasteiger partial charge is 0.508 e. The summed E-state index contributed by atoms with van der Waals surface area (Å²) >= 11 is 0. The van der Waals surface area contributed by atoms with Crippen molar-refractivity contribution in [3.05, 3.63) is 64.7 Å². The average Bonchev–Trinajstić information content (AvgIpc) is 2.64. The second-order valence-electron chi connectivity index (χ2n) is 6.74. The predicted molar refractivity (Wildman–Crippen MR) is 114 cm³/mol. The molecule has 2 aromatic rings. The van der Waals surface area contributed by atoms with Gasteiger partial charge < -0.3 is 21.1 Å². The third-order valence-electron chi connectivity index (χ3n) is 4.13. The Labute approximate surface area is 167 Å². The van der Waals surface area contributed by atoms with Gasteiger partial charge in [0.2, 0.25) is 0 Å². The lowest BCUT2D eigenvalue weighted by atomic mass is 10.1. The molecule has 0 unspecified atom stereocenters. The number of nitrogens with zero attached hydrogens (tertiary/aromatic N) is 1. The predicted octanol–water partition coefficient (Wildman–Crippen LogP) is 2.54. The second kappa shape index (κ2) is 11.0. The number of aryl methyl sites for hydroxylation is 2. The number of rotatable bonds is 8. The van der Waals surface area contributed by atoms with Gasteiger partial charge in [0.25, 0.3) is 5.91 Å². The van der Waals surface area contributed by atoms with Crippen molar-refractivity contribution in [1.82, 2.24) is 16.0 Å². The highest BCUT2D eigenvalue weighted by Crippen LogP contribution is 2.10. The van der Waals surface area contributed by atoms with E-state index in [0.29, 0.717) is 25.2 Å². The quantitative estimate of drug-likeness (QED) is 0.321. The maximum atomic E-state index is 12.0. The van der Waals surface area contributed by atoms with Gasteiger partial charge in [0.1, 0.15) is 5.75 Å². The van der Waals surface area contributed by atoms with Gasteiger partial charge in [-0.3, -0.25) is 9.79 Å². The molecular formula is C22H30N4O2. The fourth-order valence-corrected chi connectivity index (χ4v) is 2.92. The molecule has 0 spiro atoms. The molecular weight excluding hydrogens is 352 g/mol. The van der Waals surface area contributed by atoms with E-state index in [0.717, 1.165) is 18.9 Å². The zero-order chi connectivity index (χ0) is 20.4. The van der Waals surface area contributed by atoms with Crippen LogP contribution in [-0.4, -0.2) is 43.2 Å². The van der Waals surface area contributed by atoms with E-state index in [9.17, 15) is 9.90 Å². The summed E-state index contributed by atoms with van der Waals surface area (Å²) in [5.74, 6) is 0.717. The van der Waals surface area contributed by atoms with Crippen LogP contribution in [0.3, 0.4) is 0 Å². The second-order valence-corrected chi connectivity index (χ2v) is 6.74. The van der Waals surface area contributed by atoms with Crippen molar-refractivity contribution in [3.63, 3.8) is 0 Å². The summed E-state index contributed by atoms with van der Waals surface area (Å²) in [6.07, 6.45) is 0.886. The van der Waals surface area contributed by atoms with Crippen LogP contribution in [0.5, 0.6) is 5.75 Å². The molecule has 0 heterocycles. The summed E-state index contributed by atoms with van der Waals surface area (Å²) in [6.45, 7) is 8.75. The van der Waals surface area contributed by atoms with Crippen molar-refractivity contribution in [1.29, 1.82) is 0 Å². The molecule has 0 saturated heterocycles. The minimum atomic E-state index is -0.168. The average molecular weight is 383 g/mol. The summed E-state index contributed by atoms with van der Waals surface area (Å²) in [7, 11) is 0. The van der Waals surface area contributed by atoms with Crippen LogP contribution in [0.2, 0.25) is 0 Å². The molecule has 0 bridgehead atoms. The Kier molecular flexibility index (Phi) is 8.34. The molecule has 2 rings (SSSR count). The van der Waals surface area contributed by atoms with Crippen molar-refractivity contribution in [2.24, 2.45) is 4.99 Å². The van der Waals surface area contributed by atoms with Crippen molar-refractivity contribution >= 4 is 11.9 Å². The number of nitrogens with one attached hydrogen (secondary N) is 3. The fraction of sp³-hybridized carbons (Fsp3) is 0.364. The Morgan fingerprint density at radius 2 is 1.61 bits per heavy atom. The molecule has 4 N–H and O–H groups in total. The lowest BCUT2D eigenvalue weighted by Crippen LogP contribution is -2.41. The molecule has 0 atom stereocenters. The molecule has 0 saturated carbocycles. The molecule has 1 amide bonds. The van der Waals surface area contributed by atoms with Gasteiger partial charge in [-0.1, -0.05) is 29.3 Å². The number of carbonyl (C=O) groups excluding carboxylic acids is 1. The number of aliphatic imine (C=N–C) groups is 1. The maximum Gasteiger partial charge on any atom is 0.251 e. The molecule has 0 aliphatic carbocycles. The van der Waals surface area contributed by atoms with E-state index in [-0.39, 0.29) is 11.7 Å². The van der Waals surface area contributed by atoms with E-state index in [1.807, 2.05) is 6.92 Å². The van der Waals surface area contributed by atoms with Crippen LogP contribution in [0.15, 0.2) is 47.5 Å². The van der Waals surface area contributed by atoms with Gasteiger partial charge in [-0.05, 0) is 57.0 Å². The highest BCUT2D eigenvalue weighted by molar-refractivity contribution is 5.94. The molecule has 6 heteroatoms. The summed E-state index contributed by atoms with van der Waals surface area (Å²) in [6, 6.07) is 12.7. The van der Waals surface area contributed by atoms with Crippen LogP contribution < -0.4 is 16.0 Å². The Morgan fingerprint density at radius 3 is 2.25 bits per heavy atom. The maximum absolute atomic E-state index is 12.0. The molecule has 6 nitrogen and oxygen atoms in total. The van der Waals surface area contributed by atoms with E-state index >= 15 is 0 Å². The van der Waals surface area contributed by atoms with Crippen molar-refractivity contribution in [3.8, 4) is 5.75 Å². The van der Waals surface area contributed by atoms with Crippen molar-refractivity contribution in [2.45, 2.75) is 27.2 Å². The minimum absolute atomic E-state index is 0.144. The molecule has 150 valence electrons. The highest BCUT2D eigenvalue weighted by Gasteiger charge is 2.04. The van der Waals surface area contributed by atoms with Gasteiger partial charge in [0.05, 0.1) is 0 Å². The highest BCUT2D eigenvalue weighted by atomic mass is 16.3. The van der Waals surface area contributed by atoms with Crippen LogP contribution >= 0.6 is 0 Å². The summed E-state index contributed by atoms with van der Waals surface area (Å²) in [5.41, 5.74) is 4.35. The first-order chi connectivity index (χ1) is 13.5. The molecule has 0 radical (unpaired) electrons. The number of aromatic hydroxyl groups is 1. The van der Waals surface area contributed by atoms with E-state index in [1.165, 1.54) is 28.8 Å². The van der Waals surface area contributed by atoms with Gasteiger partial charge in [0.15, 0.2) is 5.96 Å². The Bertz CT molecular complexity index is 780. The smallest absolute Gasteiger partial charge is 0.251 e. The van der Waals surface area contributed by atoms with Crippen LogP contribution in [-0.2, 0) is 6.42 Å². The number of amides is 1. The van der Waals surface area contributed by atoms with E-state index in [1.54, 1.807) is 12.1 Å². The lowest BCUT2D eigenvalue weighted by Gasteiger charge is -2.12. The van der Waals surface area contributed by atoms with E-state index in [4.69, 9.17) is 0 Å². The van der Waals surface area contributed by atoms with Crippen LogP contribution in [0.25, 0.3) is 0 Å². The summed E-state index contributed by atoms with van der Waals surface area (Å²) < 4.78 is 0. The van der Waals surface area contributed by atoms with Gasteiger partial charge >= 0.3 is 0 Å². The zero-order valence-corrected chi connectivity index (χ0v) is 16.9. The number of guanidine groups is 1. The number of phenols is 1. The van der Waals surface area contributed by atoms with Gasteiger partial charge in [-0.25, -0.2) is 0 Å². The third-order valence-corrected chi connectivity index (χ3v) is 4.13. The van der Waals surface area contributed by atoms with E-state index in [2.05, 4.69) is 53.0 Å². The monoisotopic (exact) mass is 382 g/mol. The Balaban J connectivity index is 1.77. The number of carbonyl (C=O) groups is 1. The number of phenolic OH excluding ortho intramolecular Hbond substituents is 1. The molecule has 0 aliphatic heterocycles. The van der Waals surface area contributed by atoms with Gasteiger partial charge in [0, 0.05) is 31.7 Å². The first kappa shape index (κ1) is 21.3. The Hall–Kier alpha value is -3.02. The first-order valence-corrected chi connectivity index (χ1v) is 9.64. The van der Waals surface area contributed by atoms with Crippen LogP contribution in [0, 0.1) is 13.8 Å². The number of hydrogen-bond donors (Lipinski definition) is 4. The topological polar surface area (TPSA) is 85.8 Å². The number of hydrogen-bond acceptors (Lipinski definition) is 3. The van der Waals surface area contributed by atoms with Crippen molar-refractivity contribution < 1.29 is 9.90 Å². The summed E-state index contributed by atoms with van der Waals surface area (Å²) in [5, 5.41) is 18.6. The minimum Gasteiger partial charge on any atom is -0.508 e. The molecule has 0 aliphatic rings. The third kappa shape index (κ3) is 7.31. The zero-order valence-electron chi connectivity index (χ0n) is 16.9. The first-order valence-electron chi connectivity index (χ1n) is 9.64. The van der Waals surface area contributed by atoms with Crippen LogP contribution in [0.4, 0.5) is 0 Å². The summed E-state index contributed by atoms with van der Waals surface area (Å²) in [4.78, 5) is 16.7. The molecule has 0 aromatic heterocycles.